The van der Waals surface area contributed by atoms with Crippen molar-refractivity contribution in [1.82, 2.24) is 0 Å². The highest BCUT2D eigenvalue weighted by Crippen LogP contribution is 2.37. The molecular weight excluding hydrogens is 362 g/mol. The van der Waals surface area contributed by atoms with Crippen molar-refractivity contribution < 1.29 is 31.1 Å². The SMILES string of the molecule is Cl.NC1CCC(C(=O)Nc2cc(C(F)(F)F)cc(C(F)(F)F)c2)C1. The number of hydrogen-bond donors (Lipinski definition) is 2. The lowest BCUT2D eigenvalue weighted by Gasteiger charge is -2.16. The Morgan fingerprint density at radius 3 is 1.88 bits per heavy atom. The first-order valence-electron chi connectivity index (χ1n) is 6.83. The minimum atomic E-state index is -4.95. The van der Waals surface area contributed by atoms with Crippen molar-refractivity contribution in [3.8, 4) is 0 Å². The third kappa shape index (κ3) is 5.01. The molecule has 1 aromatic carbocycles. The molecule has 1 aliphatic carbocycles. The van der Waals surface area contributed by atoms with E-state index < -0.39 is 41.0 Å². The Morgan fingerprint density at radius 2 is 1.50 bits per heavy atom. The van der Waals surface area contributed by atoms with Gasteiger partial charge in [-0.2, -0.15) is 26.3 Å². The molecule has 1 aliphatic rings. The molecule has 3 N–H and O–H groups in total. The zero-order valence-corrected chi connectivity index (χ0v) is 13.0. The molecule has 1 fully saturated rings. The molecule has 1 saturated carbocycles. The maximum Gasteiger partial charge on any atom is 0.416 e. The summed E-state index contributed by atoms with van der Waals surface area (Å²) in [6.45, 7) is 0. The summed E-state index contributed by atoms with van der Waals surface area (Å²) in [6, 6.07) is 0.809. The molecule has 2 atom stereocenters. The van der Waals surface area contributed by atoms with Crippen LogP contribution in [0.2, 0.25) is 0 Å². The minimum absolute atomic E-state index is 0. The molecule has 2 unspecified atom stereocenters. The Bertz CT molecular complexity index is 570. The van der Waals surface area contributed by atoms with Crippen molar-refractivity contribution in [1.29, 1.82) is 0 Å². The van der Waals surface area contributed by atoms with E-state index in [1.807, 2.05) is 0 Å². The molecule has 3 nitrogen and oxygen atoms in total. The molecule has 136 valence electrons. The summed E-state index contributed by atoms with van der Waals surface area (Å²) in [7, 11) is 0. The van der Waals surface area contributed by atoms with E-state index in [1.54, 1.807) is 0 Å². The Labute approximate surface area is 140 Å². The Morgan fingerprint density at radius 1 is 1.00 bits per heavy atom. The van der Waals surface area contributed by atoms with Crippen LogP contribution in [0.3, 0.4) is 0 Å². The minimum Gasteiger partial charge on any atom is -0.328 e. The standard InChI is InChI=1S/C14H14F6N2O.ClH/c15-13(16,17)8-4-9(14(18,19)20)6-11(5-8)22-12(23)7-1-2-10(21)3-7;/h4-7,10H,1-3,21H2,(H,22,23);1H. The van der Waals surface area contributed by atoms with Gasteiger partial charge in [0.1, 0.15) is 0 Å². The van der Waals surface area contributed by atoms with Crippen LogP contribution < -0.4 is 11.1 Å². The maximum absolute atomic E-state index is 12.7. The lowest BCUT2D eigenvalue weighted by atomic mass is 10.1. The van der Waals surface area contributed by atoms with Gasteiger partial charge in [0.2, 0.25) is 5.91 Å². The number of benzene rings is 1. The first kappa shape index (κ1) is 20.6. The molecule has 0 saturated heterocycles. The van der Waals surface area contributed by atoms with Crippen molar-refractivity contribution in [2.24, 2.45) is 11.7 Å². The monoisotopic (exact) mass is 376 g/mol. The number of anilines is 1. The number of alkyl halides is 6. The fourth-order valence-electron chi connectivity index (χ4n) is 2.53. The molecule has 0 aliphatic heterocycles. The Kier molecular flexibility index (Phi) is 6.15. The largest absolute Gasteiger partial charge is 0.416 e. The van der Waals surface area contributed by atoms with Gasteiger partial charge < -0.3 is 11.1 Å². The number of nitrogens with two attached hydrogens (primary N) is 1. The average molecular weight is 377 g/mol. The third-order valence-electron chi connectivity index (χ3n) is 3.70. The van der Waals surface area contributed by atoms with Crippen LogP contribution in [0, 0.1) is 5.92 Å². The van der Waals surface area contributed by atoms with Crippen molar-refractivity contribution in [3.05, 3.63) is 29.3 Å². The molecule has 0 aromatic heterocycles. The highest BCUT2D eigenvalue weighted by Gasteiger charge is 2.37. The van der Waals surface area contributed by atoms with Crippen LogP contribution in [-0.2, 0) is 17.1 Å². The second-order valence-corrected chi connectivity index (χ2v) is 5.55. The van der Waals surface area contributed by atoms with Crippen molar-refractivity contribution in [2.75, 3.05) is 5.32 Å². The first-order chi connectivity index (χ1) is 10.5. The van der Waals surface area contributed by atoms with Crippen LogP contribution in [0.25, 0.3) is 0 Å². The van der Waals surface area contributed by atoms with Crippen molar-refractivity contribution >= 4 is 24.0 Å². The van der Waals surface area contributed by atoms with E-state index >= 15 is 0 Å². The number of halogens is 7. The van der Waals surface area contributed by atoms with Gasteiger partial charge in [-0.3, -0.25) is 4.79 Å². The van der Waals surface area contributed by atoms with Gasteiger partial charge >= 0.3 is 12.4 Å². The molecule has 10 heteroatoms. The molecule has 0 heterocycles. The Hall–Kier alpha value is -1.48. The van der Waals surface area contributed by atoms with Gasteiger partial charge in [0, 0.05) is 17.6 Å². The second kappa shape index (κ2) is 7.18. The first-order valence-corrected chi connectivity index (χ1v) is 6.83. The van der Waals surface area contributed by atoms with Gasteiger partial charge in [0.15, 0.2) is 0 Å². The van der Waals surface area contributed by atoms with Crippen LogP contribution in [0.4, 0.5) is 32.0 Å². The number of hydrogen-bond acceptors (Lipinski definition) is 2. The van der Waals surface area contributed by atoms with Gasteiger partial charge in [-0.1, -0.05) is 0 Å². The average Bonchev–Trinajstić information content (AvgIpc) is 2.83. The summed E-state index contributed by atoms with van der Waals surface area (Å²) in [5.74, 6) is -1.13. The molecule has 0 bridgehead atoms. The van der Waals surface area contributed by atoms with Crippen LogP contribution >= 0.6 is 12.4 Å². The van der Waals surface area contributed by atoms with E-state index in [4.69, 9.17) is 5.73 Å². The number of carbonyl (C=O) groups is 1. The predicted molar refractivity (Wildman–Crippen MR) is 77.6 cm³/mol. The topological polar surface area (TPSA) is 55.1 Å². The molecule has 0 spiro atoms. The smallest absolute Gasteiger partial charge is 0.328 e. The van der Waals surface area contributed by atoms with Gasteiger partial charge in [-0.25, -0.2) is 0 Å². The third-order valence-corrected chi connectivity index (χ3v) is 3.70. The van der Waals surface area contributed by atoms with E-state index in [9.17, 15) is 31.1 Å². The van der Waals surface area contributed by atoms with Crippen LogP contribution in [0.1, 0.15) is 30.4 Å². The van der Waals surface area contributed by atoms with E-state index in [2.05, 4.69) is 5.32 Å². The number of nitrogens with one attached hydrogen (secondary N) is 1. The summed E-state index contributed by atoms with van der Waals surface area (Å²) in [5, 5.41) is 2.13. The van der Waals surface area contributed by atoms with E-state index in [-0.39, 0.29) is 24.5 Å². The Balaban J connectivity index is 0.00000288. The fourth-order valence-corrected chi connectivity index (χ4v) is 2.53. The van der Waals surface area contributed by atoms with E-state index in [1.165, 1.54) is 0 Å². The summed E-state index contributed by atoms with van der Waals surface area (Å²) < 4.78 is 76.4. The maximum atomic E-state index is 12.7. The van der Waals surface area contributed by atoms with Crippen LogP contribution in [-0.4, -0.2) is 11.9 Å². The molecule has 1 aromatic rings. The van der Waals surface area contributed by atoms with Crippen molar-refractivity contribution in [2.45, 2.75) is 37.7 Å². The molecular formula is C14H15ClF6N2O. The number of rotatable bonds is 2. The van der Waals surface area contributed by atoms with Crippen LogP contribution in [0.15, 0.2) is 18.2 Å². The lowest BCUT2D eigenvalue weighted by molar-refractivity contribution is -0.143. The quantitative estimate of drug-likeness (QED) is 0.760. The van der Waals surface area contributed by atoms with Crippen LogP contribution in [0.5, 0.6) is 0 Å². The van der Waals surface area contributed by atoms with Gasteiger partial charge in [-0.05, 0) is 37.5 Å². The van der Waals surface area contributed by atoms with Gasteiger partial charge in [0.25, 0.3) is 0 Å². The van der Waals surface area contributed by atoms with Crippen molar-refractivity contribution in [3.63, 3.8) is 0 Å². The molecule has 2 rings (SSSR count). The zero-order chi connectivity index (χ0) is 17.4. The molecule has 24 heavy (non-hydrogen) atoms. The second-order valence-electron chi connectivity index (χ2n) is 5.55. The predicted octanol–water partition coefficient (Wildman–Crippen LogP) is 4.21. The summed E-state index contributed by atoms with van der Waals surface area (Å²) in [5.41, 5.74) is 2.18. The summed E-state index contributed by atoms with van der Waals surface area (Å²) >= 11 is 0. The van der Waals surface area contributed by atoms with Gasteiger partial charge in [0.05, 0.1) is 11.1 Å². The number of carbonyl (C=O) groups excluding carboxylic acids is 1. The summed E-state index contributed by atoms with van der Waals surface area (Å²) in [6.07, 6.45) is -8.49. The van der Waals surface area contributed by atoms with E-state index in [0.717, 1.165) is 0 Å². The summed E-state index contributed by atoms with van der Waals surface area (Å²) in [4.78, 5) is 12.0. The normalized spacial score (nSPS) is 21.3. The highest BCUT2D eigenvalue weighted by atomic mass is 35.5. The zero-order valence-electron chi connectivity index (χ0n) is 12.2. The molecule has 0 radical (unpaired) electrons. The highest BCUT2D eigenvalue weighted by molar-refractivity contribution is 5.93. The lowest BCUT2D eigenvalue weighted by Crippen LogP contribution is -2.23. The fraction of sp³-hybridized carbons (Fsp3) is 0.500. The van der Waals surface area contributed by atoms with Gasteiger partial charge in [-0.15, -0.1) is 12.4 Å². The number of amides is 1. The molecule has 1 amide bonds. The van der Waals surface area contributed by atoms with E-state index in [0.29, 0.717) is 31.4 Å².